The summed E-state index contributed by atoms with van der Waals surface area (Å²) in [6.45, 7) is 9.20. The van der Waals surface area contributed by atoms with Crippen LogP contribution in [0.2, 0.25) is 0 Å². The zero-order chi connectivity index (χ0) is 16.7. The van der Waals surface area contributed by atoms with Crippen molar-refractivity contribution in [2.45, 2.75) is 26.9 Å². The van der Waals surface area contributed by atoms with Crippen LogP contribution in [0.15, 0.2) is 24.3 Å². The maximum Gasteiger partial charge on any atom is 0.226 e. The highest BCUT2D eigenvalue weighted by Crippen LogP contribution is 2.20. The first-order chi connectivity index (χ1) is 11.0. The van der Waals surface area contributed by atoms with Crippen molar-refractivity contribution in [1.29, 1.82) is 0 Å². The van der Waals surface area contributed by atoms with Gasteiger partial charge in [0.25, 0.3) is 0 Å². The molecule has 0 bridgehead atoms. The second kappa shape index (κ2) is 8.71. The Bertz CT molecular complexity index is 496. The monoisotopic (exact) mass is 336 g/mol. The number of hydrogen-bond donors (Lipinski definition) is 1. The summed E-state index contributed by atoms with van der Waals surface area (Å²) >= 11 is 1.70. The molecule has 0 saturated carbocycles. The first-order valence-corrected chi connectivity index (χ1v) is 9.56. The van der Waals surface area contributed by atoms with Crippen molar-refractivity contribution in [3.05, 3.63) is 35.4 Å². The third-order valence-corrected chi connectivity index (χ3v) is 5.12. The maximum absolute atomic E-state index is 12.2. The lowest BCUT2D eigenvalue weighted by Gasteiger charge is -2.26. The number of ether oxygens (including phenoxy) is 1. The highest BCUT2D eigenvalue weighted by atomic mass is 32.2. The molecule has 1 N–H and O–H groups in total. The van der Waals surface area contributed by atoms with Crippen LogP contribution in [0.3, 0.4) is 0 Å². The van der Waals surface area contributed by atoms with E-state index in [0.29, 0.717) is 6.54 Å². The normalized spacial score (nSPS) is 16.3. The lowest BCUT2D eigenvalue weighted by molar-refractivity contribution is -0.128. The van der Waals surface area contributed by atoms with Gasteiger partial charge in [0.2, 0.25) is 5.91 Å². The molecule has 4 nitrogen and oxygen atoms in total. The molecule has 0 radical (unpaired) electrons. The Morgan fingerprint density at radius 1 is 1.22 bits per heavy atom. The summed E-state index contributed by atoms with van der Waals surface area (Å²) in [4.78, 5) is 14.6. The molecule has 0 atom stereocenters. The van der Waals surface area contributed by atoms with E-state index in [1.54, 1.807) is 11.8 Å². The number of nitrogens with one attached hydrogen (secondary N) is 1. The van der Waals surface area contributed by atoms with Crippen molar-refractivity contribution in [2.75, 3.05) is 38.3 Å². The molecule has 2 rings (SSSR count). The van der Waals surface area contributed by atoms with Crippen molar-refractivity contribution >= 4 is 17.7 Å². The average Bonchev–Trinajstić information content (AvgIpc) is 2.55. The number of benzene rings is 1. The Hall–Kier alpha value is -1.04. The second-order valence-corrected chi connectivity index (χ2v) is 7.57. The predicted molar refractivity (Wildman–Crippen MR) is 96.5 cm³/mol. The molecule has 23 heavy (non-hydrogen) atoms. The molecule has 1 aliphatic heterocycles. The van der Waals surface area contributed by atoms with E-state index in [1.165, 1.54) is 5.56 Å². The van der Waals surface area contributed by atoms with Crippen LogP contribution in [0.5, 0.6) is 0 Å². The van der Waals surface area contributed by atoms with Gasteiger partial charge in [0.05, 0.1) is 18.6 Å². The number of hydrogen-bond acceptors (Lipinski definition) is 4. The summed E-state index contributed by atoms with van der Waals surface area (Å²) in [6, 6.07) is 8.53. The molecule has 0 spiro atoms. The van der Waals surface area contributed by atoms with Gasteiger partial charge in [-0.3, -0.25) is 9.69 Å². The Labute approximate surface area is 144 Å². The number of thioether (sulfide) groups is 1. The van der Waals surface area contributed by atoms with Crippen LogP contribution in [0.25, 0.3) is 0 Å². The van der Waals surface area contributed by atoms with Gasteiger partial charge in [-0.2, -0.15) is 11.8 Å². The van der Waals surface area contributed by atoms with Crippen molar-refractivity contribution in [3.8, 4) is 0 Å². The van der Waals surface area contributed by atoms with Gasteiger partial charge >= 0.3 is 0 Å². The van der Waals surface area contributed by atoms with Crippen LogP contribution < -0.4 is 5.32 Å². The zero-order valence-corrected chi connectivity index (χ0v) is 15.2. The highest BCUT2D eigenvalue weighted by Gasteiger charge is 2.26. The summed E-state index contributed by atoms with van der Waals surface area (Å²) in [5.74, 6) is 0.946. The quantitative estimate of drug-likeness (QED) is 0.831. The molecular weight excluding hydrogens is 308 g/mol. The zero-order valence-electron chi connectivity index (χ0n) is 14.4. The molecule has 1 heterocycles. The second-order valence-electron chi connectivity index (χ2n) is 6.70. The van der Waals surface area contributed by atoms with Gasteiger partial charge in [-0.25, -0.2) is 0 Å². The van der Waals surface area contributed by atoms with E-state index in [4.69, 9.17) is 4.74 Å². The molecule has 0 aliphatic carbocycles. The minimum Gasteiger partial charge on any atom is -0.379 e. The van der Waals surface area contributed by atoms with E-state index >= 15 is 0 Å². The van der Waals surface area contributed by atoms with Gasteiger partial charge in [0, 0.05) is 31.9 Å². The van der Waals surface area contributed by atoms with Crippen LogP contribution in [-0.4, -0.2) is 49.1 Å². The van der Waals surface area contributed by atoms with Crippen molar-refractivity contribution in [1.82, 2.24) is 10.2 Å². The van der Waals surface area contributed by atoms with Gasteiger partial charge in [-0.05, 0) is 17.4 Å². The standard InChI is InChI=1S/C18H28N2O2S/c1-18(2,14-23-3)17(21)19-12-15-4-6-16(7-5-15)13-20-8-10-22-11-9-20/h4-7H,8-14H2,1-3H3,(H,19,21). The highest BCUT2D eigenvalue weighted by molar-refractivity contribution is 7.98. The number of rotatable bonds is 7. The first kappa shape index (κ1) is 18.3. The van der Waals surface area contributed by atoms with Crippen molar-refractivity contribution in [3.63, 3.8) is 0 Å². The van der Waals surface area contributed by atoms with Gasteiger partial charge in [-0.15, -0.1) is 0 Å². The molecule has 0 aromatic heterocycles. The van der Waals surface area contributed by atoms with E-state index in [-0.39, 0.29) is 11.3 Å². The van der Waals surface area contributed by atoms with E-state index < -0.39 is 0 Å². The summed E-state index contributed by atoms with van der Waals surface area (Å²) in [5.41, 5.74) is 2.13. The fourth-order valence-corrected chi connectivity index (χ4v) is 3.48. The van der Waals surface area contributed by atoms with Crippen LogP contribution >= 0.6 is 11.8 Å². The van der Waals surface area contributed by atoms with Crippen LogP contribution in [0.4, 0.5) is 0 Å². The summed E-state index contributed by atoms with van der Waals surface area (Å²) in [5, 5.41) is 3.05. The Kier molecular flexibility index (Phi) is 6.93. The SMILES string of the molecule is CSCC(C)(C)C(=O)NCc1ccc(CN2CCOCC2)cc1. The Morgan fingerprint density at radius 3 is 2.43 bits per heavy atom. The molecule has 1 aromatic carbocycles. The molecule has 1 fully saturated rings. The summed E-state index contributed by atoms with van der Waals surface area (Å²) < 4.78 is 5.37. The minimum absolute atomic E-state index is 0.115. The summed E-state index contributed by atoms with van der Waals surface area (Å²) in [7, 11) is 0. The number of morpholine rings is 1. The average molecular weight is 337 g/mol. The minimum atomic E-state index is -0.324. The van der Waals surface area contributed by atoms with Crippen LogP contribution in [0, 0.1) is 5.41 Å². The molecule has 0 unspecified atom stereocenters. The third kappa shape index (κ3) is 5.83. The maximum atomic E-state index is 12.2. The number of carbonyl (C=O) groups is 1. The van der Waals surface area contributed by atoms with Gasteiger partial charge in [0.1, 0.15) is 0 Å². The van der Waals surface area contributed by atoms with Gasteiger partial charge in [-0.1, -0.05) is 38.1 Å². The van der Waals surface area contributed by atoms with Gasteiger partial charge < -0.3 is 10.1 Å². The molecule has 128 valence electrons. The smallest absolute Gasteiger partial charge is 0.226 e. The lowest BCUT2D eigenvalue weighted by atomic mass is 9.95. The largest absolute Gasteiger partial charge is 0.379 e. The Balaban J connectivity index is 1.81. The van der Waals surface area contributed by atoms with Crippen molar-refractivity contribution in [2.24, 2.45) is 5.41 Å². The predicted octanol–water partition coefficient (Wildman–Crippen LogP) is 2.52. The molecule has 1 aliphatic rings. The van der Waals surface area contributed by atoms with E-state index in [2.05, 4.69) is 34.5 Å². The fraction of sp³-hybridized carbons (Fsp3) is 0.611. The number of amides is 1. The number of nitrogens with zero attached hydrogens (tertiary/aromatic N) is 1. The van der Waals surface area contributed by atoms with E-state index in [9.17, 15) is 4.79 Å². The van der Waals surface area contributed by atoms with E-state index in [0.717, 1.165) is 44.2 Å². The van der Waals surface area contributed by atoms with E-state index in [1.807, 2.05) is 20.1 Å². The Morgan fingerprint density at radius 2 is 1.83 bits per heavy atom. The number of carbonyl (C=O) groups excluding carboxylic acids is 1. The van der Waals surface area contributed by atoms with Crippen molar-refractivity contribution < 1.29 is 9.53 Å². The van der Waals surface area contributed by atoms with Gasteiger partial charge in [0.15, 0.2) is 0 Å². The molecule has 1 aromatic rings. The lowest BCUT2D eigenvalue weighted by Crippen LogP contribution is -2.38. The third-order valence-electron chi connectivity index (χ3n) is 4.11. The molecule has 1 amide bonds. The molecular formula is C18H28N2O2S. The molecule has 5 heteroatoms. The molecule has 1 saturated heterocycles. The summed E-state index contributed by atoms with van der Waals surface area (Å²) in [6.07, 6.45) is 2.03. The van der Waals surface area contributed by atoms with Crippen LogP contribution in [-0.2, 0) is 22.6 Å². The topological polar surface area (TPSA) is 41.6 Å². The fourth-order valence-electron chi connectivity index (χ4n) is 2.63. The van der Waals surface area contributed by atoms with Crippen LogP contribution in [0.1, 0.15) is 25.0 Å². The first-order valence-electron chi connectivity index (χ1n) is 8.16.